The van der Waals surface area contributed by atoms with Crippen LogP contribution in [-0.2, 0) is 0 Å². The third kappa shape index (κ3) is 2.28. The molecule has 0 fully saturated rings. The van der Waals surface area contributed by atoms with Gasteiger partial charge in [0.1, 0.15) is 6.33 Å². The largest absolute Gasteiger partial charge is 0.288 e. The van der Waals surface area contributed by atoms with E-state index in [1.807, 2.05) is 0 Å². The minimum Gasteiger partial charge on any atom is -0.288 e. The summed E-state index contributed by atoms with van der Waals surface area (Å²) in [5.74, 6) is -0.157. The van der Waals surface area contributed by atoms with Crippen molar-refractivity contribution >= 4 is 33.3 Å². The summed E-state index contributed by atoms with van der Waals surface area (Å²) in [6, 6.07) is 5.06. The molecule has 0 radical (unpaired) electrons. The SMILES string of the molecule is O=C(c1cncnc1)c1cc(Cl)ccc1Br. The van der Waals surface area contributed by atoms with Crippen LogP contribution in [0.15, 0.2) is 41.4 Å². The van der Waals surface area contributed by atoms with E-state index >= 15 is 0 Å². The van der Waals surface area contributed by atoms with Gasteiger partial charge in [-0.1, -0.05) is 27.5 Å². The summed E-state index contributed by atoms with van der Waals surface area (Å²) in [6.07, 6.45) is 4.33. The van der Waals surface area contributed by atoms with E-state index in [9.17, 15) is 4.79 Å². The normalized spacial score (nSPS) is 10.1. The molecule has 0 saturated carbocycles. The van der Waals surface area contributed by atoms with Gasteiger partial charge in [-0.2, -0.15) is 0 Å². The number of nitrogens with zero attached hydrogens (tertiary/aromatic N) is 2. The Bertz CT molecular complexity index is 531. The summed E-state index contributed by atoms with van der Waals surface area (Å²) in [6.45, 7) is 0. The average molecular weight is 298 g/mol. The fraction of sp³-hybridized carbons (Fsp3) is 0. The van der Waals surface area contributed by atoms with Gasteiger partial charge in [0.05, 0.1) is 5.56 Å². The van der Waals surface area contributed by atoms with Gasteiger partial charge in [0, 0.05) is 27.5 Å². The summed E-state index contributed by atoms with van der Waals surface area (Å²) in [4.78, 5) is 19.7. The van der Waals surface area contributed by atoms with Gasteiger partial charge in [-0.05, 0) is 18.2 Å². The maximum Gasteiger partial charge on any atom is 0.197 e. The maximum absolute atomic E-state index is 12.1. The van der Waals surface area contributed by atoms with E-state index in [2.05, 4.69) is 25.9 Å². The van der Waals surface area contributed by atoms with Gasteiger partial charge < -0.3 is 0 Å². The van der Waals surface area contributed by atoms with Gasteiger partial charge in [0.25, 0.3) is 0 Å². The second-order valence-corrected chi connectivity index (χ2v) is 4.37. The van der Waals surface area contributed by atoms with Crippen molar-refractivity contribution in [3.8, 4) is 0 Å². The van der Waals surface area contributed by atoms with Crippen LogP contribution in [0.25, 0.3) is 0 Å². The Kier molecular flexibility index (Phi) is 3.31. The molecule has 2 aromatic rings. The standard InChI is InChI=1S/C11H6BrClN2O/c12-10-2-1-8(13)3-9(10)11(16)7-4-14-6-15-5-7/h1-6H. The van der Waals surface area contributed by atoms with Crippen LogP contribution in [0.3, 0.4) is 0 Å². The number of carbonyl (C=O) groups excluding carboxylic acids is 1. The summed E-state index contributed by atoms with van der Waals surface area (Å²) in [5.41, 5.74) is 0.938. The first-order valence-electron chi connectivity index (χ1n) is 4.43. The molecule has 0 saturated heterocycles. The number of aromatic nitrogens is 2. The Labute approximate surface area is 106 Å². The number of rotatable bonds is 2. The predicted molar refractivity (Wildman–Crippen MR) is 64.6 cm³/mol. The van der Waals surface area contributed by atoms with E-state index in [1.165, 1.54) is 18.7 Å². The van der Waals surface area contributed by atoms with Gasteiger partial charge >= 0.3 is 0 Å². The first-order chi connectivity index (χ1) is 7.68. The molecule has 2 rings (SSSR count). The maximum atomic E-state index is 12.1. The lowest BCUT2D eigenvalue weighted by atomic mass is 10.1. The molecule has 1 aromatic heterocycles. The van der Waals surface area contributed by atoms with E-state index in [4.69, 9.17) is 11.6 Å². The lowest BCUT2D eigenvalue weighted by Crippen LogP contribution is -2.03. The van der Waals surface area contributed by atoms with Gasteiger partial charge in [-0.3, -0.25) is 4.79 Å². The lowest BCUT2D eigenvalue weighted by molar-refractivity contribution is 0.103. The monoisotopic (exact) mass is 296 g/mol. The number of hydrogen-bond donors (Lipinski definition) is 0. The van der Waals surface area contributed by atoms with Gasteiger partial charge in [-0.25, -0.2) is 9.97 Å². The number of ketones is 1. The highest BCUT2D eigenvalue weighted by Gasteiger charge is 2.13. The lowest BCUT2D eigenvalue weighted by Gasteiger charge is -2.03. The molecule has 3 nitrogen and oxygen atoms in total. The molecule has 0 amide bonds. The number of halogens is 2. The molecule has 0 aliphatic carbocycles. The molecule has 5 heteroatoms. The van der Waals surface area contributed by atoms with Crippen LogP contribution in [0, 0.1) is 0 Å². The zero-order valence-corrected chi connectivity index (χ0v) is 10.4. The van der Waals surface area contributed by atoms with Gasteiger partial charge in [-0.15, -0.1) is 0 Å². The summed E-state index contributed by atoms with van der Waals surface area (Å²) >= 11 is 9.15. The average Bonchev–Trinajstić information content (AvgIpc) is 2.32. The van der Waals surface area contributed by atoms with E-state index in [0.29, 0.717) is 20.6 Å². The Hall–Kier alpha value is -1.26. The Morgan fingerprint density at radius 2 is 1.94 bits per heavy atom. The fourth-order valence-electron chi connectivity index (χ4n) is 1.24. The summed E-state index contributed by atoms with van der Waals surface area (Å²) in [7, 11) is 0. The predicted octanol–water partition coefficient (Wildman–Crippen LogP) is 3.12. The fourth-order valence-corrected chi connectivity index (χ4v) is 1.84. The van der Waals surface area contributed by atoms with Crippen molar-refractivity contribution in [2.45, 2.75) is 0 Å². The van der Waals surface area contributed by atoms with Gasteiger partial charge in [0.2, 0.25) is 0 Å². The third-order valence-corrected chi connectivity index (χ3v) is 2.92. The molecular formula is C11H6BrClN2O. The number of carbonyl (C=O) groups is 1. The van der Waals surface area contributed by atoms with Crippen LogP contribution in [0.2, 0.25) is 5.02 Å². The van der Waals surface area contributed by atoms with Crippen LogP contribution >= 0.6 is 27.5 Å². The van der Waals surface area contributed by atoms with Crippen LogP contribution in [-0.4, -0.2) is 15.8 Å². The third-order valence-electron chi connectivity index (χ3n) is 2.00. The highest BCUT2D eigenvalue weighted by Crippen LogP contribution is 2.23. The molecule has 0 unspecified atom stereocenters. The highest BCUT2D eigenvalue weighted by molar-refractivity contribution is 9.10. The molecule has 0 bridgehead atoms. The van der Waals surface area contributed by atoms with Crippen molar-refractivity contribution in [1.82, 2.24) is 9.97 Å². The first kappa shape index (κ1) is 11.2. The second-order valence-electron chi connectivity index (χ2n) is 3.08. The molecule has 0 N–H and O–H groups in total. The van der Waals surface area contributed by atoms with E-state index in [0.717, 1.165) is 0 Å². The Balaban J connectivity index is 2.46. The van der Waals surface area contributed by atoms with Crippen LogP contribution in [0.1, 0.15) is 15.9 Å². The minimum atomic E-state index is -0.157. The first-order valence-corrected chi connectivity index (χ1v) is 5.60. The summed E-state index contributed by atoms with van der Waals surface area (Å²) < 4.78 is 0.700. The summed E-state index contributed by atoms with van der Waals surface area (Å²) in [5, 5.41) is 0.517. The molecular weight excluding hydrogens is 291 g/mol. The molecule has 1 aromatic carbocycles. The number of hydrogen-bond acceptors (Lipinski definition) is 3. The topological polar surface area (TPSA) is 42.9 Å². The van der Waals surface area contributed by atoms with Crippen molar-refractivity contribution in [2.75, 3.05) is 0 Å². The van der Waals surface area contributed by atoms with Crippen molar-refractivity contribution < 1.29 is 4.79 Å². The molecule has 0 spiro atoms. The highest BCUT2D eigenvalue weighted by atomic mass is 79.9. The second kappa shape index (κ2) is 4.72. The minimum absolute atomic E-state index is 0.157. The molecule has 80 valence electrons. The van der Waals surface area contributed by atoms with Crippen LogP contribution in [0.5, 0.6) is 0 Å². The van der Waals surface area contributed by atoms with Gasteiger partial charge in [0.15, 0.2) is 5.78 Å². The van der Waals surface area contributed by atoms with Crippen molar-refractivity contribution in [1.29, 1.82) is 0 Å². The molecule has 1 heterocycles. The van der Waals surface area contributed by atoms with Crippen LogP contribution < -0.4 is 0 Å². The molecule has 16 heavy (non-hydrogen) atoms. The smallest absolute Gasteiger partial charge is 0.197 e. The zero-order chi connectivity index (χ0) is 11.5. The Morgan fingerprint density at radius 3 is 2.62 bits per heavy atom. The molecule has 0 aliphatic heterocycles. The van der Waals surface area contributed by atoms with Crippen LogP contribution in [0.4, 0.5) is 0 Å². The molecule has 0 atom stereocenters. The number of benzene rings is 1. The van der Waals surface area contributed by atoms with E-state index in [-0.39, 0.29) is 5.78 Å². The zero-order valence-electron chi connectivity index (χ0n) is 8.02. The molecule has 0 aliphatic rings. The van der Waals surface area contributed by atoms with E-state index in [1.54, 1.807) is 18.2 Å². The van der Waals surface area contributed by atoms with Crippen molar-refractivity contribution in [2.24, 2.45) is 0 Å². The Morgan fingerprint density at radius 1 is 1.25 bits per heavy atom. The van der Waals surface area contributed by atoms with Crippen molar-refractivity contribution in [3.05, 3.63) is 57.5 Å². The van der Waals surface area contributed by atoms with Crippen molar-refractivity contribution in [3.63, 3.8) is 0 Å². The van der Waals surface area contributed by atoms with E-state index < -0.39 is 0 Å². The quantitative estimate of drug-likeness (QED) is 0.800.